The smallest absolute Gasteiger partial charge is 0.0798 e. The highest BCUT2D eigenvalue weighted by molar-refractivity contribution is 7.75. The molecule has 6 aromatic carbocycles. The van der Waals surface area contributed by atoms with E-state index >= 15 is 0 Å². The summed E-state index contributed by atoms with van der Waals surface area (Å²) < 4.78 is 10.5. The first-order valence-corrected chi connectivity index (χ1v) is 48.2. The highest BCUT2D eigenvalue weighted by Gasteiger charge is 2.31. The van der Waals surface area contributed by atoms with E-state index in [0.717, 1.165) is 174 Å². The third kappa shape index (κ3) is 36.7. The van der Waals surface area contributed by atoms with Crippen molar-refractivity contribution in [1.82, 2.24) is 29.8 Å². The maximum absolute atomic E-state index is 5.40. The number of nitrogens with zero attached hydrogens (tertiary/aromatic N) is 6. The highest BCUT2D eigenvalue weighted by Crippen LogP contribution is 2.43. The van der Waals surface area contributed by atoms with Gasteiger partial charge in [-0.25, -0.2) is 0 Å². The topological polar surface area (TPSA) is 91.6 Å². The molecule has 0 atom stereocenters. The largest absolute Gasteiger partial charge is 0.384 e. The van der Waals surface area contributed by atoms with Gasteiger partial charge in [-0.1, -0.05) is 313 Å². The van der Waals surface area contributed by atoms with Gasteiger partial charge in [0.2, 0.25) is 0 Å². The van der Waals surface area contributed by atoms with Crippen LogP contribution in [0.25, 0.3) is 0 Å². The number of hydrogen-bond acceptors (Lipinski definition) is 24. The Bertz CT molecular complexity index is 4320. The van der Waals surface area contributed by atoms with E-state index in [4.69, 9.17) is 147 Å². The molecule has 6 rings (SSSR count). The molecule has 0 bridgehead atoms. The van der Waals surface area contributed by atoms with Gasteiger partial charge >= 0.3 is 0 Å². The van der Waals surface area contributed by atoms with E-state index in [1.807, 2.05) is 7.05 Å². The molecule has 0 unspecified atom stereocenters. The van der Waals surface area contributed by atoms with Gasteiger partial charge < -0.3 is 61.3 Å². The van der Waals surface area contributed by atoms with Crippen LogP contribution in [0, 0.1) is 54.1 Å². The average Bonchev–Trinajstić information content (AvgIpc) is 0.601. The molecule has 0 fully saturated rings. The van der Waals surface area contributed by atoms with E-state index in [2.05, 4.69) is 263 Å². The maximum Gasteiger partial charge on any atom is 0.0798 e. The van der Waals surface area contributed by atoms with E-state index in [1.54, 1.807) is 0 Å². The molecule has 0 saturated heterocycles. The molecule has 0 aliphatic heterocycles. The molecule has 0 aliphatic carbocycles. The van der Waals surface area contributed by atoms with E-state index in [-0.39, 0.29) is 32.5 Å². The zero-order chi connectivity index (χ0) is 89.2. The summed E-state index contributed by atoms with van der Waals surface area (Å²) in [6.45, 7) is 72.6. The summed E-state index contributed by atoms with van der Waals surface area (Å²) in [5.41, 5.74) is 14.8. The van der Waals surface area contributed by atoms with Gasteiger partial charge in [0.25, 0.3) is 0 Å². The van der Waals surface area contributed by atoms with Crippen LogP contribution in [0.15, 0.2) is 0 Å². The summed E-state index contributed by atoms with van der Waals surface area (Å²) in [4.78, 5) is 14.2. The first kappa shape index (κ1) is 112. The molecule has 12 nitrogen and oxygen atoms in total. The van der Waals surface area contributed by atoms with E-state index in [0.29, 0.717) is 0 Å². The summed E-state index contributed by atoms with van der Waals surface area (Å²) in [5, 5.41) is 20.6. The van der Waals surface area contributed by atoms with E-state index in [1.165, 1.54) is 155 Å². The molecule has 0 heterocycles. The summed E-state index contributed by atoms with van der Waals surface area (Å²) in [6, 6.07) is 0. The second-order valence-electron chi connectivity index (χ2n) is 37.8. The second kappa shape index (κ2) is 54.1. The molecule has 6 N–H and O–H groups in total. The molecule has 116 heavy (non-hydrogen) atoms. The molecule has 24 heteroatoms. The van der Waals surface area contributed by atoms with Crippen molar-refractivity contribution in [2.45, 2.75) is 289 Å². The van der Waals surface area contributed by atoms with Crippen LogP contribution in [-0.2, 0) is 32.5 Å². The summed E-state index contributed by atoms with van der Waals surface area (Å²) in [5.74, 6) is 0. The lowest BCUT2D eigenvalue weighted by molar-refractivity contribution is 0.283. The molecule has 6 aromatic rings. The zero-order valence-corrected chi connectivity index (χ0v) is 88.0. The first-order chi connectivity index (χ1) is 53.8. The lowest BCUT2D eigenvalue weighted by atomic mass is 9.83. The summed E-state index contributed by atoms with van der Waals surface area (Å²) in [7, 11) is 12.7. The minimum Gasteiger partial charge on any atom is -0.384 e. The number of anilines is 6. The van der Waals surface area contributed by atoms with Gasteiger partial charge in [0, 0.05) is 79.7 Å². The molecule has 0 aliphatic rings. The maximum atomic E-state index is 5.40. The molecular weight excluding hydrogens is 1660 g/mol. The minimum absolute atomic E-state index is 0.0852. The van der Waals surface area contributed by atoms with Crippen LogP contribution in [0.5, 0.6) is 0 Å². The Labute approximate surface area is 771 Å². The lowest BCUT2D eigenvalue weighted by Crippen LogP contribution is -2.27. The third-order valence-corrected chi connectivity index (χ3v) is 26.5. The normalized spacial score (nSPS) is 12.3. The van der Waals surface area contributed by atoms with E-state index in [9.17, 15) is 0 Å². The SMILES string of the molecule is CCCN(C)CCCCNc1c(C(C)(C)C)c(=S)c1=S.CCCN(CC)CCCCNc1c(C(C)(C)C)c(=S)c1=S.CCN(C)CCCCNc1c(C(C)(C)C)c(=S)c1=S.CCN(CC)CCCCNc1c(C(C)(C)C)c(=S)c1=S.CN(C)CCCCNc1c(C(C)(C)C)c(=S)c1=S.CNCCCCN(C)c1c(C(C)(C)C)c(=S)c1=S. The van der Waals surface area contributed by atoms with Crippen LogP contribution in [0.3, 0.4) is 0 Å². The monoisotopic (exact) mass is 1820 g/mol. The standard InChI is InChI=1S/C17H30N2S2.2C16H28N2S2.C15H26N2S2.2C14H24N2S2/c1-6-11-19(7-2)12-9-8-10-18-14-13(17(3,4)5)15(20)16(14)21;1-6-10-18(5)11-8-7-9-17-13-12(16(2,3)4)14(19)15(13)20;1-6-18(7-2)11-9-8-10-17-13-12(16(3,4)5)14(19)15(13)20;1-6-17(5)10-8-7-9-16-12-11(15(2,3)4)13(18)14(12)19;1-14(2,3)10-11(13(18)12(10)17)15-8-6-7-9-16(4)5;1-14(2,3)10-11(13(18)12(10)17)16(5)9-7-6-8-15-4/h18H,6-12H2,1-5H3;2*17H,6-11H2,1-5H3;16H,6-10H2,1-5H3;2*15H,6-9H2,1-5H3. The number of nitrogens with one attached hydrogen (secondary N) is 6. The molecular formula is C92H160N12S12. The Balaban J connectivity index is 0.000000697. The predicted octanol–water partition coefficient (Wildman–Crippen LogP) is 27.2. The number of rotatable bonds is 44. The van der Waals surface area contributed by atoms with Crippen molar-refractivity contribution >= 4 is 181 Å². The minimum atomic E-state index is 0.0852. The Hall–Kier alpha value is -1.92. The van der Waals surface area contributed by atoms with Crippen molar-refractivity contribution in [3.05, 3.63) is 87.5 Å². The average molecular weight is 1820 g/mol. The summed E-state index contributed by atoms with van der Waals surface area (Å²) >= 11 is 64.4. The van der Waals surface area contributed by atoms with Gasteiger partial charge in [0.1, 0.15) is 0 Å². The van der Waals surface area contributed by atoms with Crippen LogP contribution in [0.1, 0.15) is 289 Å². The van der Waals surface area contributed by atoms with Gasteiger partial charge in [0.15, 0.2) is 0 Å². The predicted molar refractivity (Wildman–Crippen MR) is 550 cm³/mol. The molecule has 660 valence electrons. The first-order valence-electron chi connectivity index (χ1n) is 43.3. The van der Waals surface area contributed by atoms with Crippen LogP contribution < -0.4 is 36.8 Å². The van der Waals surface area contributed by atoms with Crippen LogP contribution >= 0.6 is 147 Å². The lowest BCUT2D eigenvalue weighted by Gasteiger charge is -2.32. The van der Waals surface area contributed by atoms with Crippen LogP contribution in [0.2, 0.25) is 0 Å². The Morgan fingerprint density at radius 3 is 0.750 bits per heavy atom. The number of unbranched alkanes of at least 4 members (excludes halogenated alkanes) is 6. The fourth-order valence-corrected chi connectivity index (χ4v) is 18.9. The van der Waals surface area contributed by atoms with Crippen molar-refractivity contribution in [3.8, 4) is 0 Å². The van der Waals surface area contributed by atoms with E-state index < -0.39 is 0 Å². The fraction of sp³-hybridized carbons (Fsp3) is 0.739. The summed E-state index contributed by atoms with van der Waals surface area (Å²) in [6.07, 6.45) is 16.8. The van der Waals surface area contributed by atoms with Crippen molar-refractivity contribution in [1.29, 1.82) is 0 Å². The number of hydrogen-bond donors (Lipinski definition) is 6. The van der Waals surface area contributed by atoms with Crippen molar-refractivity contribution in [2.24, 2.45) is 0 Å². The molecule has 0 aromatic heterocycles. The Kier molecular flexibility index (Phi) is 52.3. The Morgan fingerprint density at radius 2 is 0.491 bits per heavy atom. The van der Waals surface area contributed by atoms with Gasteiger partial charge in [-0.05, 0) is 236 Å². The quantitative estimate of drug-likeness (QED) is 0.0162. The van der Waals surface area contributed by atoms with Gasteiger partial charge in [-0.2, -0.15) is 0 Å². The fourth-order valence-electron chi connectivity index (χ4n) is 14.1. The van der Waals surface area contributed by atoms with Crippen LogP contribution in [-0.4, -0.2) is 185 Å². The van der Waals surface area contributed by atoms with Gasteiger partial charge in [-0.3, -0.25) is 0 Å². The Morgan fingerprint density at radius 1 is 0.241 bits per heavy atom. The van der Waals surface area contributed by atoms with Crippen molar-refractivity contribution in [2.75, 3.05) is 192 Å². The molecule has 0 spiro atoms. The van der Waals surface area contributed by atoms with Crippen molar-refractivity contribution in [3.63, 3.8) is 0 Å². The van der Waals surface area contributed by atoms with Crippen molar-refractivity contribution < 1.29 is 0 Å². The van der Waals surface area contributed by atoms with Gasteiger partial charge in [-0.15, -0.1) is 0 Å². The molecule has 0 saturated carbocycles. The highest BCUT2D eigenvalue weighted by atomic mass is 32.1. The van der Waals surface area contributed by atoms with Gasteiger partial charge in [0.05, 0.1) is 88.2 Å². The molecule has 0 amide bonds. The van der Waals surface area contributed by atoms with Crippen LogP contribution in [0.4, 0.5) is 34.1 Å². The third-order valence-electron chi connectivity index (χ3n) is 20.8. The molecule has 0 radical (unpaired) electrons. The second-order valence-corrected chi connectivity index (χ2v) is 42.7. The zero-order valence-electron chi connectivity index (χ0n) is 78.2.